The summed E-state index contributed by atoms with van der Waals surface area (Å²) in [7, 11) is 3.63. The number of guanidine groups is 1. The maximum atomic E-state index is 15.3. The van der Waals surface area contributed by atoms with E-state index in [4.69, 9.17) is 34.1 Å². The number of anilines is 1. The van der Waals surface area contributed by atoms with E-state index >= 15 is 9.59 Å². The number of carboxylic acids is 3. The quantitative estimate of drug-likeness (QED) is 0.0111. The van der Waals surface area contributed by atoms with Crippen LogP contribution >= 0.6 is 0 Å². The van der Waals surface area contributed by atoms with Gasteiger partial charge in [0.2, 0.25) is 82.7 Å². The summed E-state index contributed by atoms with van der Waals surface area (Å²) in [6.07, 6.45) is -2.93. The molecule has 0 fully saturated rings. The van der Waals surface area contributed by atoms with E-state index in [0.29, 0.717) is 47.0 Å². The van der Waals surface area contributed by atoms with Crippen LogP contribution in [0.4, 0.5) is 5.69 Å². The molecule has 0 spiro atoms. The number of aliphatic carboxylic acids is 3. The number of carbonyl (C=O) groups excluding carboxylic acids is 16. The molecule has 0 aliphatic heterocycles. The standard InChI is InChI=1S/C86H130N24O24/c1-44(2)36-64(84(132)110(48(6)73(121)107-65(42-111)85(133)134)83(131)53-24-23-52-39-55(109(8)9)26-25-51(52)38-53)106-81(129)63(40-54-41-93-43-95-54)105-78(126)59(27-30-66(90)113)102-75(123)58(22-17-35-94-86(91)92)101-77(125)60(28-31-67(114)115)103-80(128)62(37-50-18-11-10-12-19-50)104-76(124)57(21-14-16-34-88)99-72(120)47(5)97-70(118)45(3)96-71(119)46(4)98-82(130)69(49(7)112)108-79(127)61(29-32-68(116)117)100-74(122)56(89)20-13-15-33-87/h10-12,18-19,23-26,38-39,41,43-49,56-65,69,111-112H,13-17,20-22,27-37,40,42,87-89H2,1-9H3,(H2,90,113)(H,93,95)(H,96,119)(H,97,118)(H,98,130)(H,99,120)(H,100,122)(H,101,125)(H,102,123)(H,103,128)(H,104,124)(H,105,126)(H,106,129)(H,107,121)(H,108,127)(H,114,115)(H,116,117)(H,133,134)(H4,91,92,94)/t45-,46-,47-,48-,49+,56-,57-,58-,59-,60-,61-,62-,63-,64-,65-,69-/m0/s1. The maximum absolute atomic E-state index is 15.3. The van der Waals surface area contributed by atoms with E-state index in [1.165, 1.54) is 45.4 Å². The molecule has 0 saturated heterocycles. The Morgan fingerprint density at radius 3 is 1.37 bits per heavy atom. The van der Waals surface area contributed by atoms with Crippen LogP contribution in [0, 0.1) is 11.3 Å². The molecule has 134 heavy (non-hydrogen) atoms. The number of rotatable bonds is 60. The zero-order chi connectivity index (χ0) is 100. The predicted octanol–water partition coefficient (Wildman–Crippen LogP) is -5.82. The summed E-state index contributed by atoms with van der Waals surface area (Å²) >= 11 is 0. The first kappa shape index (κ1) is 112. The van der Waals surface area contributed by atoms with Crippen molar-refractivity contribution in [3.63, 3.8) is 0 Å². The zero-order valence-electron chi connectivity index (χ0n) is 76.4. The molecule has 3 aromatic carbocycles. The van der Waals surface area contributed by atoms with E-state index in [0.717, 1.165) is 19.5 Å². The van der Waals surface area contributed by atoms with Crippen molar-refractivity contribution < 1.29 is 117 Å². The Balaban J connectivity index is 1.64. The number of nitrogens with one attached hydrogen (secondary N) is 16. The van der Waals surface area contributed by atoms with Crippen LogP contribution in [0.15, 0.2) is 79.3 Å². The fourth-order valence-electron chi connectivity index (χ4n) is 13.5. The van der Waals surface area contributed by atoms with E-state index in [1.807, 2.05) is 25.1 Å². The van der Waals surface area contributed by atoms with Crippen LogP contribution in [0.2, 0.25) is 0 Å². The fourth-order valence-corrected chi connectivity index (χ4v) is 13.5. The normalized spacial score (nSPS) is 14.7. The number of carboxylic acid groups (broad SMARTS) is 3. The van der Waals surface area contributed by atoms with Gasteiger partial charge in [-0.15, -0.1) is 0 Å². The number of imidazole rings is 1. The van der Waals surface area contributed by atoms with Crippen LogP contribution in [-0.2, 0) is 99.1 Å². The zero-order valence-corrected chi connectivity index (χ0v) is 76.4. The highest BCUT2D eigenvalue weighted by Crippen LogP contribution is 2.25. The van der Waals surface area contributed by atoms with Crippen molar-refractivity contribution in [3.8, 4) is 0 Å². The number of aromatic nitrogens is 2. The first-order valence-corrected chi connectivity index (χ1v) is 43.7. The molecule has 0 saturated carbocycles. The lowest BCUT2D eigenvalue weighted by Crippen LogP contribution is -2.62. The number of benzene rings is 3. The summed E-state index contributed by atoms with van der Waals surface area (Å²) in [5.41, 5.74) is 29.7. The highest BCUT2D eigenvalue weighted by Gasteiger charge is 2.42. The van der Waals surface area contributed by atoms with Gasteiger partial charge in [-0.1, -0.05) is 62.7 Å². The second-order valence-electron chi connectivity index (χ2n) is 32.9. The van der Waals surface area contributed by atoms with E-state index in [9.17, 15) is 107 Å². The van der Waals surface area contributed by atoms with Crippen molar-refractivity contribution in [1.29, 1.82) is 5.41 Å². The third-order valence-electron chi connectivity index (χ3n) is 21.1. The summed E-state index contributed by atoms with van der Waals surface area (Å²) in [6.45, 7) is 8.37. The number of nitrogens with two attached hydrogens (primary N) is 5. The number of fused-ring (bicyclic) bond motifs is 1. The summed E-state index contributed by atoms with van der Waals surface area (Å²) < 4.78 is 0. The van der Waals surface area contributed by atoms with Gasteiger partial charge in [0.1, 0.15) is 84.6 Å². The topological polar surface area (TPSA) is 783 Å². The van der Waals surface area contributed by atoms with Crippen LogP contribution in [-0.4, -0.2) is 296 Å². The van der Waals surface area contributed by atoms with Crippen molar-refractivity contribution in [2.45, 2.75) is 254 Å². The highest BCUT2D eigenvalue weighted by molar-refractivity contribution is 6.11. The third-order valence-corrected chi connectivity index (χ3v) is 21.1. The number of hydrogen-bond acceptors (Lipinski definition) is 27. The number of nitrogens with zero attached hydrogens (tertiary/aromatic N) is 3. The van der Waals surface area contributed by atoms with Crippen LogP contribution in [0.5, 0.6) is 0 Å². The maximum Gasteiger partial charge on any atom is 0.328 e. The van der Waals surface area contributed by atoms with Gasteiger partial charge in [-0.25, -0.2) is 9.78 Å². The first-order chi connectivity index (χ1) is 63.2. The molecule has 1 heterocycles. The molecule has 16 amide bonds. The van der Waals surface area contributed by atoms with Gasteiger partial charge in [-0.2, -0.15) is 0 Å². The summed E-state index contributed by atoms with van der Waals surface area (Å²) in [5.74, 6) is -22.8. The summed E-state index contributed by atoms with van der Waals surface area (Å²) in [5, 5.41) is 92.6. The predicted molar refractivity (Wildman–Crippen MR) is 484 cm³/mol. The van der Waals surface area contributed by atoms with Gasteiger partial charge in [0.05, 0.1) is 30.8 Å². The molecule has 738 valence electrons. The second-order valence-corrected chi connectivity index (χ2v) is 32.9. The fraction of sp³-hybridized carbons (Fsp3) is 0.547. The molecule has 31 N–H and O–H groups in total. The number of aliphatic hydroxyl groups is 2. The van der Waals surface area contributed by atoms with Gasteiger partial charge >= 0.3 is 17.9 Å². The van der Waals surface area contributed by atoms with Gasteiger partial charge in [0.25, 0.3) is 11.8 Å². The number of aromatic amines is 1. The number of carbonyl (C=O) groups is 19. The molecule has 0 bridgehead atoms. The Kier molecular flexibility index (Phi) is 47.6. The lowest BCUT2D eigenvalue weighted by atomic mass is 9.99. The van der Waals surface area contributed by atoms with Crippen LogP contribution in [0.25, 0.3) is 10.8 Å². The molecule has 0 aliphatic carbocycles. The van der Waals surface area contributed by atoms with Crippen molar-refractivity contribution in [2.75, 3.05) is 45.2 Å². The minimum atomic E-state index is -1.90. The number of H-pyrrole nitrogens is 1. The Hall–Kier alpha value is -13.9. The van der Waals surface area contributed by atoms with Crippen LogP contribution in [0.3, 0.4) is 0 Å². The second kappa shape index (κ2) is 56.8. The number of imide groups is 1. The van der Waals surface area contributed by atoms with Crippen LogP contribution < -0.4 is 108 Å². The minimum Gasteiger partial charge on any atom is -0.481 e. The van der Waals surface area contributed by atoms with Gasteiger partial charge in [-0.3, -0.25) is 96.6 Å². The number of aliphatic hydroxyl groups excluding tert-OH is 2. The molecular formula is C86H130N24O24. The third kappa shape index (κ3) is 38.5. The molecule has 0 aliphatic rings. The smallest absolute Gasteiger partial charge is 0.328 e. The molecule has 48 nitrogen and oxygen atoms in total. The number of primary amides is 1. The van der Waals surface area contributed by atoms with Gasteiger partial charge < -0.3 is 139 Å². The molecule has 1 aromatic heterocycles. The number of hydrogen-bond donors (Lipinski definition) is 26. The van der Waals surface area contributed by atoms with Crippen molar-refractivity contribution >= 4 is 135 Å². The molecule has 0 radical (unpaired) electrons. The number of unbranched alkanes of at least 4 members (excludes halogenated alkanes) is 2. The molecule has 4 rings (SSSR count). The van der Waals surface area contributed by atoms with Crippen molar-refractivity contribution in [2.24, 2.45) is 34.6 Å². The van der Waals surface area contributed by atoms with Crippen molar-refractivity contribution in [3.05, 3.63) is 96.1 Å². The minimum absolute atomic E-state index is 0.108. The summed E-state index contributed by atoms with van der Waals surface area (Å²) in [4.78, 5) is 273. The average molecular weight is 1880 g/mol. The highest BCUT2D eigenvalue weighted by atomic mass is 16.4. The van der Waals surface area contributed by atoms with Crippen molar-refractivity contribution in [1.82, 2.24) is 89.3 Å². The molecule has 16 atom stereocenters. The largest absolute Gasteiger partial charge is 0.481 e. The molecule has 0 unspecified atom stereocenters. The Labute approximate surface area is 773 Å². The van der Waals surface area contributed by atoms with Crippen LogP contribution in [0.1, 0.15) is 166 Å². The van der Waals surface area contributed by atoms with E-state index in [-0.39, 0.29) is 69.3 Å². The lowest BCUT2D eigenvalue weighted by Gasteiger charge is -2.32. The van der Waals surface area contributed by atoms with Gasteiger partial charge in [-0.05, 0) is 165 Å². The van der Waals surface area contributed by atoms with Gasteiger partial charge in [0, 0.05) is 70.2 Å². The van der Waals surface area contributed by atoms with E-state index in [1.54, 1.807) is 62.4 Å². The molecule has 48 heteroatoms. The average Bonchev–Trinajstić information content (AvgIpc) is 1.00. The van der Waals surface area contributed by atoms with E-state index < -0.39 is 273 Å². The molecule has 4 aromatic rings. The Bertz CT molecular complexity index is 4710. The first-order valence-electron chi connectivity index (χ1n) is 43.7. The lowest BCUT2D eigenvalue weighted by molar-refractivity contribution is -0.145. The monoisotopic (exact) mass is 1880 g/mol. The number of amides is 16. The SMILES string of the molecule is CC(C)C[C@H](NC(=O)[C@H](Cc1c[nH]cn1)NC(=O)[C@H](CCC(N)=O)NC(=O)[C@H](CCCNC(=N)N)NC(=O)[C@H](CCC(=O)O)NC(=O)[C@H](Cc1ccccc1)NC(=O)[C@H](CCCCN)NC(=O)[C@H](C)NC(=O)[C@H](C)NC(=O)[C@H](C)NC(=O)[C@@H](NC(=O)[C@H](CCC(=O)O)NC(=O)[C@@H](N)CCCCN)[C@@H](C)O)C(=O)N(C(=O)c1ccc2cc(N(C)C)ccc2c1)[C@@H](C)C(=O)N[C@@H](CO)C(=O)O. The van der Waals surface area contributed by atoms with E-state index in [2.05, 4.69) is 84.4 Å². The molecular weight excluding hydrogens is 1750 g/mol. The van der Waals surface area contributed by atoms with Gasteiger partial charge in [0.15, 0.2) is 5.96 Å². The Morgan fingerprint density at radius 2 is 0.896 bits per heavy atom. The summed E-state index contributed by atoms with van der Waals surface area (Å²) in [6, 6.07) is -7.13. The Morgan fingerprint density at radius 1 is 0.463 bits per heavy atom.